The highest BCUT2D eigenvalue weighted by Gasteiger charge is 2.23. The molecule has 0 saturated carbocycles. The van der Waals surface area contributed by atoms with E-state index in [1.807, 2.05) is 13.8 Å². The Hall–Kier alpha value is -2.08. The molecule has 1 N–H and O–H groups in total. The molecule has 1 aromatic carbocycles. The van der Waals surface area contributed by atoms with Crippen LogP contribution < -0.4 is 10.1 Å². The van der Waals surface area contributed by atoms with Crippen molar-refractivity contribution < 1.29 is 23.8 Å². The SMILES string of the molecule is CC.CC(NC(=O)OC(C)(C)C)C(=O)c1ccc2c(c1)OCOC2. The molecule has 1 unspecified atom stereocenters. The Balaban J connectivity index is 0.00000139. The minimum absolute atomic E-state index is 0.177. The van der Waals surface area contributed by atoms with E-state index in [9.17, 15) is 9.59 Å². The van der Waals surface area contributed by atoms with Crippen LogP contribution in [-0.2, 0) is 16.1 Å². The number of ether oxygens (including phenoxy) is 3. The second-order valence-corrected chi connectivity index (χ2v) is 6.17. The first kappa shape index (κ1) is 20.0. The van der Waals surface area contributed by atoms with Crippen molar-refractivity contribution in [2.45, 2.75) is 59.8 Å². The summed E-state index contributed by atoms with van der Waals surface area (Å²) in [6.45, 7) is 11.6. The molecule has 6 heteroatoms. The van der Waals surface area contributed by atoms with Crippen molar-refractivity contribution in [1.29, 1.82) is 0 Å². The number of carbonyl (C=O) groups is 2. The van der Waals surface area contributed by atoms with Crippen LogP contribution in [0.15, 0.2) is 18.2 Å². The van der Waals surface area contributed by atoms with E-state index in [0.29, 0.717) is 17.9 Å². The normalized spacial score (nSPS) is 14.2. The summed E-state index contributed by atoms with van der Waals surface area (Å²) >= 11 is 0. The number of alkyl carbamates (subject to hydrolysis) is 1. The molecular formula is C18H27NO5. The van der Waals surface area contributed by atoms with Crippen LogP contribution in [0.25, 0.3) is 0 Å². The summed E-state index contributed by atoms with van der Waals surface area (Å²) in [6, 6.07) is 4.48. The van der Waals surface area contributed by atoms with Gasteiger partial charge in [-0.25, -0.2) is 4.79 Å². The number of hydrogen-bond donors (Lipinski definition) is 1. The average molecular weight is 337 g/mol. The summed E-state index contributed by atoms with van der Waals surface area (Å²) in [5.41, 5.74) is 0.770. The van der Waals surface area contributed by atoms with Crippen LogP contribution in [0.1, 0.15) is 57.5 Å². The second kappa shape index (κ2) is 8.68. The lowest BCUT2D eigenvalue weighted by Crippen LogP contribution is -2.41. The van der Waals surface area contributed by atoms with Crippen molar-refractivity contribution in [3.63, 3.8) is 0 Å². The number of carbonyl (C=O) groups excluding carboxylic acids is 2. The molecule has 1 aliphatic rings. The van der Waals surface area contributed by atoms with Gasteiger partial charge in [-0.15, -0.1) is 0 Å². The molecule has 0 radical (unpaired) electrons. The molecule has 0 bridgehead atoms. The van der Waals surface area contributed by atoms with Gasteiger partial charge in [-0.05, 0) is 33.8 Å². The number of hydrogen-bond acceptors (Lipinski definition) is 5. The summed E-state index contributed by atoms with van der Waals surface area (Å²) in [4.78, 5) is 24.1. The van der Waals surface area contributed by atoms with E-state index in [0.717, 1.165) is 5.56 Å². The quantitative estimate of drug-likeness (QED) is 0.852. The van der Waals surface area contributed by atoms with E-state index in [-0.39, 0.29) is 12.6 Å². The van der Waals surface area contributed by atoms with Gasteiger partial charge >= 0.3 is 6.09 Å². The number of amides is 1. The fraction of sp³-hybridized carbons (Fsp3) is 0.556. The highest BCUT2D eigenvalue weighted by molar-refractivity contribution is 6.01. The van der Waals surface area contributed by atoms with Gasteiger partial charge in [0.25, 0.3) is 0 Å². The molecule has 0 aliphatic carbocycles. The Morgan fingerprint density at radius 2 is 1.92 bits per heavy atom. The summed E-state index contributed by atoms with van der Waals surface area (Å²) in [5.74, 6) is 0.435. The van der Waals surface area contributed by atoms with E-state index in [1.54, 1.807) is 45.9 Å². The maximum atomic E-state index is 12.4. The first-order chi connectivity index (χ1) is 11.3. The lowest BCUT2D eigenvalue weighted by molar-refractivity contribution is -0.0164. The van der Waals surface area contributed by atoms with Gasteiger partial charge < -0.3 is 19.5 Å². The molecule has 0 spiro atoms. The van der Waals surface area contributed by atoms with Crippen molar-refractivity contribution in [2.24, 2.45) is 0 Å². The maximum Gasteiger partial charge on any atom is 0.408 e. The highest BCUT2D eigenvalue weighted by Crippen LogP contribution is 2.25. The minimum Gasteiger partial charge on any atom is -0.467 e. The second-order valence-electron chi connectivity index (χ2n) is 6.17. The number of nitrogens with one attached hydrogen (secondary N) is 1. The molecule has 1 aliphatic heterocycles. The largest absolute Gasteiger partial charge is 0.467 e. The van der Waals surface area contributed by atoms with E-state index in [2.05, 4.69) is 5.32 Å². The fourth-order valence-corrected chi connectivity index (χ4v) is 2.02. The summed E-state index contributed by atoms with van der Waals surface area (Å²) in [5, 5.41) is 2.54. The zero-order valence-corrected chi connectivity index (χ0v) is 15.3. The number of rotatable bonds is 3. The van der Waals surface area contributed by atoms with Crippen molar-refractivity contribution >= 4 is 11.9 Å². The number of ketones is 1. The molecule has 1 amide bonds. The van der Waals surface area contributed by atoms with Gasteiger partial charge in [0.1, 0.15) is 11.4 Å². The van der Waals surface area contributed by atoms with Crippen molar-refractivity contribution in [3.05, 3.63) is 29.3 Å². The van der Waals surface area contributed by atoms with Crippen LogP contribution in [0.3, 0.4) is 0 Å². The number of benzene rings is 1. The highest BCUT2D eigenvalue weighted by atomic mass is 16.7. The Labute approximate surface area is 143 Å². The molecule has 0 saturated heterocycles. The van der Waals surface area contributed by atoms with Crippen LogP contribution in [0.2, 0.25) is 0 Å². The molecule has 2 rings (SSSR count). The van der Waals surface area contributed by atoms with Gasteiger partial charge in [0.15, 0.2) is 12.6 Å². The van der Waals surface area contributed by atoms with E-state index < -0.39 is 17.7 Å². The fourth-order valence-electron chi connectivity index (χ4n) is 2.02. The lowest BCUT2D eigenvalue weighted by Gasteiger charge is -2.22. The van der Waals surface area contributed by atoms with Gasteiger partial charge in [0, 0.05) is 11.1 Å². The molecule has 1 atom stereocenters. The third-order valence-electron chi connectivity index (χ3n) is 3.03. The maximum absolute atomic E-state index is 12.4. The van der Waals surface area contributed by atoms with Gasteiger partial charge in [0.2, 0.25) is 0 Å². The smallest absolute Gasteiger partial charge is 0.408 e. The number of Topliss-reactive ketones (excluding diaryl/α,β-unsaturated/α-hetero) is 1. The molecule has 0 fully saturated rings. The third kappa shape index (κ3) is 5.85. The summed E-state index contributed by atoms with van der Waals surface area (Å²) in [6.07, 6.45) is -0.615. The van der Waals surface area contributed by atoms with Crippen LogP contribution in [0.4, 0.5) is 4.79 Å². The number of fused-ring (bicyclic) bond motifs is 1. The Morgan fingerprint density at radius 1 is 1.25 bits per heavy atom. The third-order valence-corrected chi connectivity index (χ3v) is 3.03. The summed E-state index contributed by atoms with van der Waals surface area (Å²) in [7, 11) is 0. The van der Waals surface area contributed by atoms with Gasteiger partial charge in [0.05, 0.1) is 12.6 Å². The predicted octanol–water partition coefficient (Wildman–Crippen LogP) is 3.68. The summed E-state index contributed by atoms with van der Waals surface area (Å²) < 4.78 is 15.7. The van der Waals surface area contributed by atoms with Gasteiger partial charge in [-0.3, -0.25) is 4.79 Å². The predicted molar refractivity (Wildman–Crippen MR) is 91.2 cm³/mol. The van der Waals surface area contributed by atoms with E-state index in [1.165, 1.54) is 0 Å². The monoisotopic (exact) mass is 337 g/mol. The van der Waals surface area contributed by atoms with Crippen molar-refractivity contribution in [2.75, 3.05) is 6.79 Å². The average Bonchev–Trinajstić information content (AvgIpc) is 2.53. The van der Waals surface area contributed by atoms with Crippen molar-refractivity contribution in [3.8, 4) is 5.75 Å². The van der Waals surface area contributed by atoms with Crippen LogP contribution in [0.5, 0.6) is 5.75 Å². The van der Waals surface area contributed by atoms with Crippen LogP contribution >= 0.6 is 0 Å². The molecule has 24 heavy (non-hydrogen) atoms. The Bertz CT molecular complexity index is 577. The lowest BCUT2D eigenvalue weighted by atomic mass is 10.0. The van der Waals surface area contributed by atoms with Gasteiger partial charge in [-0.2, -0.15) is 0 Å². The Kier molecular flexibility index (Phi) is 7.22. The standard InChI is InChI=1S/C16H21NO5.C2H6/c1-10(17-15(19)22-16(2,3)4)14(18)11-5-6-12-8-20-9-21-13(12)7-11;1-2/h5-7,10H,8-9H2,1-4H3,(H,17,19);1-2H3. The Morgan fingerprint density at radius 3 is 2.54 bits per heavy atom. The van der Waals surface area contributed by atoms with Crippen LogP contribution in [0, 0.1) is 0 Å². The van der Waals surface area contributed by atoms with E-state index >= 15 is 0 Å². The van der Waals surface area contributed by atoms with E-state index in [4.69, 9.17) is 14.2 Å². The molecule has 1 heterocycles. The first-order valence-corrected chi connectivity index (χ1v) is 8.13. The molecule has 134 valence electrons. The zero-order chi connectivity index (χ0) is 18.3. The first-order valence-electron chi connectivity index (χ1n) is 8.13. The van der Waals surface area contributed by atoms with Crippen molar-refractivity contribution in [1.82, 2.24) is 5.32 Å². The van der Waals surface area contributed by atoms with Gasteiger partial charge in [-0.1, -0.05) is 26.0 Å². The molecule has 6 nitrogen and oxygen atoms in total. The molecule has 1 aromatic rings. The molecule has 0 aromatic heterocycles. The minimum atomic E-state index is -0.687. The molecular weight excluding hydrogens is 310 g/mol. The topological polar surface area (TPSA) is 73.9 Å². The van der Waals surface area contributed by atoms with Crippen LogP contribution in [-0.4, -0.2) is 30.3 Å². The zero-order valence-electron chi connectivity index (χ0n) is 15.3.